The van der Waals surface area contributed by atoms with Gasteiger partial charge < -0.3 is 9.47 Å². The van der Waals surface area contributed by atoms with E-state index in [1.54, 1.807) is 7.11 Å². The van der Waals surface area contributed by atoms with Crippen molar-refractivity contribution in [2.45, 2.75) is 39.0 Å². The summed E-state index contributed by atoms with van der Waals surface area (Å²) in [5.41, 5.74) is 0. The van der Waals surface area contributed by atoms with Crippen LogP contribution in [0.2, 0.25) is 25.7 Å². The van der Waals surface area contributed by atoms with Gasteiger partial charge in [0.15, 0.2) is 0 Å². The van der Waals surface area contributed by atoms with Gasteiger partial charge in [-0.05, 0) is 37.9 Å². The van der Waals surface area contributed by atoms with Crippen LogP contribution in [0.25, 0.3) is 0 Å². The molecule has 0 N–H and O–H groups in total. The Balaban J connectivity index is 2.55. The van der Waals surface area contributed by atoms with Crippen molar-refractivity contribution >= 4 is 39.9 Å². The molecule has 0 radical (unpaired) electrons. The van der Waals surface area contributed by atoms with Gasteiger partial charge in [-0.1, -0.05) is 19.6 Å². The number of halogens is 2. The van der Waals surface area contributed by atoms with Gasteiger partial charge in [0.25, 0.3) is 0 Å². The van der Waals surface area contributed by atoms with Crippen LogP contribution in [0.5, 0.6) is 0 Å². The summed E-state index contributed by atoms with van der Waals surface area (Å²) in [6.07, 6.45) is 0. The molecule has 0 fully saturated rings. The SMILES string of the molecule is COCc1nc(Br)c(Br)n1COCC[Si](C)(C)C. The third kappa shape index (κ3) is 5.12. The molecule has 0 saturated carbocycles. The Morgan fingerprint density at radius 2 is 1.94 bits per heavy atom. The summed E-state index contributed by atoms with van der Waals surface area (Å²) in [5.74, 6) is 0.851. The van der Waals surface area contributed by atoms with E-state index in [4.69, 9.17) is 9.47 Å². The van der Waals surface area contributed by atoms with Gasteiger partial charge in [0, 0.05) is 21.8 Å². The Labute approximate surface area is 126 Å². The number of rotatable bonds is 7. The number of methoxy groups -OCH3 is 1. The molecule has 1 aromatic rings. The smallest absolute Gasteiger partial charge is 0.139 e. The average Bonchev–Trinajstić information content (AvgIpc) is 2.50. The molecule has 0 unspecified atom stereocenters. The minimum atomic E-state index is -1.03. The standard InChI is InChI=1S/C11H20Br2N2O2Si/c1-16-7-9-14-10(12)11(13)15(9)8-17-5-6-18(2,3)4/h5-8H2,1-4H3. The van der Waals surface area contributed by atoms with Crippen molar-refractivity contribution in [3.63, 3.8) is 0 Å². The van der Waals surface area contributed by atoms with Crippen molar-refractivity contribution in [2.75, 3.05) is 13.7 Å². The third-order valence-electron chi connectivity index (χ3n) is 2.44. The molecule has 0 spiro atoms. The van der Waals surface area contributed by atoms with Crippen molar-refractivity contribution in [1.82, 2.24) is 9.55 Å². The molecule has 4 nitrogen and oxygen atoms in total. The zero-order chi connectivity index (χ0) is 13.8. The quantitative estimate of drug-likeness (QED) is 0.515. The molecular formula is C11H20Br2N2O2Si. The number of imidazole rings is 1. The first-order valence-corrected chi connectivity index (χ1v) is 11.1. The van der Waals surface area contributed by atoms with Crippen LogP contribution < -0.4 is 0 Å². The maximum absolute atomic E-state index is 5.73. The van der Waals surface area contributed by atoms with E-state index in [9.17, 15) is 0 Å². The van der Waals surface area contributed by atoms with E-state index in [0.29, 0.717) is 13.3 Å². The van der Waals surface area contributed by atoms with E-state index >= 15 is 0 Å². The molecule has 0 aliphatic carbocycles. The van der Waals surface area contributed by atoms with Gasteiger partial charge in [0.05, 0.1) is 0 Å². The molecule has 0 amide bonds. The average molecular weight is 400 g/mol. The highest BCUT2D eigenvalue weighted by Crippen LogP contribution is 2.24. The van der Waals surface area contributed by atoms with Crippen LogP contribution in [0.15, 0.2) is 9.21 Å². The predicted molar refractivity (Wildman–Crippen MR) is 82.4 cm³/mol. The summed E-state index contributed by atoms with van der Waals surface area (Å²) in [7, 11) is 0.631. The van der Waals surface area contributed by atoms with E-state index in [2.05, 4.69) is 56.5 Å². The van der Waals surface area contributed by atoms with E-state index in [1.807, 2.05) is 4.57 Å². The lowest BCUT2D eigenvalue weighted by atomic mass is 10.6. The van der Waals surface area contributed by atoms with Crippen LogP contribution in [0.3, 0.4) is 0 Å². The van der Waals surface area contributed by atoms with Gasteiger partial charge in [-0.25, -0.2) is 4.98 Å². The normalized spacial score (nSPS) is 12.1. The number of aromatic nitrogens is 2. The molecule has 0 aliphatic rings. The maximum atomic E-state index is 5.73. The Bertz CT molecular complexity index is 391. The second kappa shape index (κ2) is 7.19. The fourth-order valence-corrected chi connectivity index (χ4v) is 2.92. The Morgan fingerprint density at radius 3 is 2.50 bits per heavy atom. The molecule has 1 aromatic heterocycles. The molecule has 104 valence electrons. The highest BCUT2D eigenvalue weighted by molar-refractivity contribution is 9.13. The lowest BCUT2D eigenvalue weighted by molar-refractivity contribution is 0.0772. The fourth-order valence-electron chi connectivity index (χ4n) is 1.35. The second-order valence-corrected chi connectivity index (χ2v) is 12.4. The van der Waals surface area contributed by atoms with Crippen LogP contribution in [0.1, 0.15) is 5.82 Å². The molecular weight excluding hydrogens is 380 g/mol. The minimum Gasteiger partial charge on any atom is -0.377 e. The second-order valence-electron chi connectivity index (χ2n) is 5.32. The van der Waals surface area contributed by atoms with Crippen LogP contribution in [0, 0.1) is 0 Å². The van der Waals surface area contributed by atoms with Crippen LogP contribution in [0.4, 0.5) is 0 Å². The molecule has 1 rings (SSSR count). The van der Waals surface area contributed by atoms with Crippen molar-refractivity contribution in [2.24, 2.45) is 0 Å². The topological polar surface area (TPSA) is 36.3 Å². The maximum Gasteiger partial charge on any atom is 0.139 e. The monoisotopic (exact) mass is 398 g/mol. The molecule has 0 bridgehead atoms. The molecule has 0 atom stereocenters. The summed E-state index contributed by atoms with van der Waals surface area (Å²) in [6.45, 7) is 8.80. The van der Waals surface area contributed by atoms with Crippen molar-refractivity contribution in [3.8, 4) is 0 Å². The van der Waals surface area contributed by atoms with Gasteiger partial charge >= 0.3 is 0 Å². The van der Waals surface area contributed by atoms with Crippen molar-refractivity contribution in [1.29, 1.82) is 0 Å². The molecule has 0 saturated heterocycles. The van der Waals surface area contributed by atoms with Crippen LogP contribution >= 0.6 is 31.9 Å². The Hall–Kier alpha value is 0.307. The van der Waals surface area contributed by atoms with Crippen LogP contribution in [-0.2, 0) is 22.8 Å². The first kappa shape index (κ1) is 16.4. The zero-order valence-corrected chi connectivity index (χ0v) is 15.5. The highest BCUT2D eigenvalue weighted by Gasteiger charge is 2.15. The lowest BCUT2D eigenvalue weighted by Crippen LogP contribution is -2.22. The summed E-state index contributed by atoms with van der Waals surface area (Å²) in [6, 6.07) is 1.17. The molecule has 1 heterocycles. The Kier molecular flexibility index (Phi) is 6.53. The highest BCUT2D eigenvalue weighted by atomic mass is 79.9. The van der Waals surface area contributed by atoms with Gasteiger partial charge in [0.2, 0.25) is 0 Å². The minimum absolute atomic E-state index is 0.474. The number of nitrogens with zero attached hydrogens (tertiary/aromatic N) is 2. The predicted octanol–water partition coefficient (Wildman–Crippen LogP) is 3.87. The first-order valence-electron chi connectivity index (χ1n) is 5.82. The number of hydrogen-bond donors (Lipinski definition) is 0. The number of hydrogen-bond acceptors (Lipinski definition) is 3. The van der Waals surface area contributed by atoms with Crippen molar-refractivity contribution < 1.29 is 9.47 Å². The van der Waals surface area contributed by atoms with Gasteiger partial charge in [-0.15, -0.1) is 0 Å². The fraction of sp³-hybridized carbons (Fsp3) is 0.727. The molecule has 7 heteroatoms. The molecule has 0 aromatic carbocycles. The summed E-state index contributed by atoms with van der Waals surface area (Å²) in [5, 5.41) is 0. The lowest BCUT2D eigenvalue weighted by Gasteiger charge is -2.16. The van der Waals surface area contributed by atoms with E-state index in [0.717, 1.165) is 21.6 Å². The molecule has 18 heavy (non-hydrogen) atoms. The molecule has 0 aliphatic heterocycles. The van der Waals surface area contributed by atoms with Gasteiger partial charge in [-0.2, -0.15) is 0 Å². The van der Waals surface area contributed by atoms with Gasteiger partial charge in [0.1, 0.15) is 28.4 Å². The summed E-state index contributed by atoms with van der Waals surface area (Å²) < 4.78 is 14.5. The summed E-state index contributed by atoms with van der Waals surface area (Å²) >= 11 is 6.88. The van der Waals surface area contributed by atoms with Crippen LogP contribution in [-0.4, -0.2) is 31.3 Å². The third-order valence-corrected chi connectivity index (χ3v) is 6.03. The first-order chi connectivity index (χ1) is 8.35. The Morgan fingerprint density at radius 1 is 1.28 bits per heavy atom. The van der Waals surface area contributed by atoms with E-state index in [-0.39, 0.29) is 0 Å². The van der Waals surface area contributed by atoms with Crippen molar-refractivity contribution in [3.05, 3.63) is 15.0 Å². The van der Waals surface area contributed by atoms with Gasteiger partial charge in [-0.3, -0.25) is 4.57 Å². The largest absolute Gasteiger partial charge is 0.377 e. The number of ether oxygens (including phenoxy) is 2. The zero-order valence-electron chi connectivity index (χ0n) is 11.3. The summed E-state index contributed by atoms with van der Waals surface area (Å²) in [4.78, 5) is 4.36. The van der Waals surface area contributed by atoms with E-state index < -0.39 is 8.07 Å². The van der Waals surface area contributed by atoms with E-state index in [1.165, 1.54) is 6.04 Å².